The van der Waals surface area contributed by atoms with Crippen LogP contribution in [0.15, 0.2) is 16.6 Å². The highest BCUT2D eigenvalue weighted by atomic mass is 79.9. The second kappa shape index (κ2) is 3.68. The van der Waals surface area contributed by atoms with Gasteiger partial charge in [-0.2, -0.15) is 0 Å². The summed E-state index contributed by atoms with van der Waals surface area (Å²) in [4.78, 5) is 0. The van der Waals surface area contributed by atoms with E-state index in [-0.39, 0.29) is 5.54 Å². The lowest BCUT2D eigenvalue weighted by molar-refractivity contribution is 0.392. The largest absolute Gasteiger partial charge is 0.496 e. The van der Waals surface area contributed by atoms with Gasteiger partial charge >= 0.3 is 0 Å². The Morgan fingerprint density at radius 3 is 2.27 bits per heavy atom. The minimum atomic E-state index is -0.209. The van der Waals surface area contributed by atoms with Crippen molar-refractivity contribution in [1.29, 1.82) is 0 Å². The van der Waals surface area contributed by atoms with E-state index in [1.807, 2.05) is 12.1 Å². The second-order valence-corrected chi connectivity index (χ2v) is 4.70. The van der Waals surface area contributed by atoms with Crippen LogP contribution in [0.3, 0.4) is 0 Å². The SMILES string of the molecule is COc1cc(C2(N)CC2)c(OC)cc1Br. The molecule has 1 aliphatic rings. The summed E-state index contributed by atoms with van der Waals surface area (Å²) in [6.07, 6.45) is 2.02. The van der Waals surface area contributed by atoms with Crippen LogP contribution in [0.1, 0.15) is 18.4 Å². The van der Waals surface area contributed by atoms with Gasteiger partial charge in [0, 0.05) is 11.1 Å². The highest BCUT2D eigenvalue weighted by Crippen LogP contribution is 2.48. The van der Waals surface area contributed by atoms with Gasteiger partial charge in [0.25, 0.3) is 0 Å². The number of benzene rings is 1. The molecule has 0 unspecified atom stereocenters. The summed E-state index contributed by atoms with van der Waals surface area (Å²) in [5, 5.41) is 0. The third-order valence-corrected chi connectivity index (χ3v) is 3.42. The molecule has 82 valence electrons. The molecule has 2 rings (SSSR count). The third-order valence-electron chi connectivity index (χ3n) is 2.80. The predicted molar refractivity (Wildman–Crippen MR) is 62.3 cm³/mol. The number of halogens is 1. The van der Waals surface area contributed by atoms with E-state index >= 15 is 0 Å². The molecule has 0 saturated heterocycles. The van der Waals surface area contributed by atoms with Crippen LogP contribution in [-0.4, -0.2) is 14.2 Å². The molecule has 15 heavy (non-hydrogen) atoms. The van der Waals surface area contributed by atoms with E-state index < -0.39 is 0 Å². The summed E-state index contributed by atoms with van der Waals surface area (Å²) in [5.74, 6) is 1.62. The Balaban J connectivity index is 2.51. The zero-order valence-corrected chi connectivity index (χ0v) is 10.4. The molecular weight excluding hydrogens is 258 g/mol. The lowest BCUT2D eigenvalue weighted by Gasteiger charge is -2.16. The van der Waals surface area contributed by atoms with Crippen molar-refractivity contribution >= 4 is 15.9 Å². The minimum Gasteiger partial charge on any atom is -0.496 e. The first-order valence-electron chi connectivity index (χ1n) is 4.81. The van der Waals surface area contributed by atoms with Crippen LogP contribution >= 0.6 is 15.9 Å². The first kappa shape index (κ1) is 10.8. The van der Waals surface area contributed by atoms with Gasteiger partial charge < -0.3 is 15.2 Å². The lowest BCUT2D eigenvalue weighted by atomic mass is 10.0. The van der Waals surface area contributed by atoms with Gasteiger partial charge in [0.1, 0.15) is 11.5 Å². The predicted octanol–water partition coefficient (Wildman–Crippen LogP) is 2.41. The van der Waals surface area contributed by atoms with Crippen molar-refractivity contribution in [2.75, 3.05) is 14.2 Å². The van der Waals surface area contributed by atoms with Crippen LogP contribution in [-0.2, 0) is 5.54 Å². The van der Waals surface area contributed by atoms with Crippen molar-refractivity contribution in [2.45, 2.75) is 18.4 Å². The molecule has 0 radical (unpaired) electrons. The number of methoxy groups -OCH3 is 2. The van der Waals surface area contributed by atoms with Crippen molar-refractivity contribution in [2.24, 2.45) is 5.73 Å². The van der Waals surface area contributed by atoms with Gasteiger partial charge in [-0.1, -0.05) is 0 Å². The Morgan fingerprint density at radius 1 is 1.20 bits per heavy atom. The summed E-state index contributed by atoms with van der Waals surface area (Å²) < 4.78 is 11.5. The molecule has 0 aliphatic heterocycles. The van der Waals surface area contributed by atoms with E-state index in [1.165, 1.54) is 0 Å². The van der Waals surface area contributed by atoms with E-state index in [2.05, 4.69) is 15.9 Å². The first-order valence-corrected chi connectivity index (χ1v) is 5.61. The monoisotopic (exact) mass is 271 g/mol. The highest BCUT2D eigenvalue weighted by molar-refractivity contribution is 9.10. The zero-order chi connectivity index (χ0) is 11.1. The normalized spacial score (nSPS) is 17.3. The van der Waals surface area contributed by atoms with Crippen LogP contribution in [0.2, 0.25) is 0 Å². The molecule has 0 bridgehead atoms. The van der Waals surface area contributed by atoms with Gasteiger partial charge in [-0.25, -0.2) is 0 Å². The number of rotatable bonds is 3. The molecule has 0 atom stereocenters. The van der Waals surface area contributed by atoms with Gasteiger partial charge in [-0.05, 0) is 40.9 Å². The molecule has 1 aromatic carbocycles. The maximum atomic E-state index is 6.17. The van der Waals surface area contributed by atoms with Crippen LogP contribution in [0, 0.1) is 0 Å². The van der Waals surface area contributed by atoms with E-state index in [0.29, 0.717) is 0 Å². The Hall–Kier alpha value is -0.740. The fraction of sp³-hybridized carbons (Fsp3) is 0.455. The summed E-state index contributed by atoms with van der Waals surface area (Å²) in [7, 11) is 3.30. The van der Waals surface area contributed by atoms with Gasteiger partial charge in [0.2, 0.25) is 0 Å². The van der Waals surface area contributed by atoms with Gasteiger partial charge in [0.05, 0.1) is 18.7 Å². The van der Waals surface area contributed by atoms with Gasteiger partial charge in [-0.15, -0.1) is 0 Å². The van der Waals surface area contributed by atoms with E-state index in [0.717, 1.165) is 34.4 Å². The summed E-state index contributed by atoms with van der Waals surface area (Å²) in [6.45, 7) is 0. The Bertz CT molecular complexity index is 388. The van der Waals surface area contributed by atoms with Crippen LogP contribution < -0.4 is 15.2 Å². The Morgan fingerprint density at radius 2 is 1.80 bits per heavy atom. The summed E-state index contributed by atoms with van der Waals surface area (Å²) in [6, 6.07) is 3.86. The fourth-order valence-corrected chi connectivity index (χ4v) is 2.14. The van der Waals surface area contributed by atoms with Crippen molar-refractivity contribution in [3.63, 3.8) is 0 Å². The molecule has 1 fully saturated rings. The van der Waals surface area contributed by atoms with E-state index in [1.54, 1.807) is 14.2 Å². The number of nitrogens with two attached hydrogens (primary N) is 1. The van der Waals surface area contributed by atoms with Crippen molar-refractivity contribution in [1.82, 2.24) is 0 Å². The number of ether oxygens (including phenoxy) is 2. The lowest BCUT2D eigenvalue weighted by Crippen LogP contribution is -2.19. The zero-order valence-electron chi connectivity index (χ0n) is 8.84. The number of hydrogen-bond donors (Lipinski definition) is 1. The highest BCUT2D eigenvalue weighted by Gasteiger charge is 2.42. The summed E-state index contributed by atoms with van der Waals surface area (Å²) >= 11 is 3.42. The van der Waals surface area contributed by atoms with E-state index in [4.69, 9.17) is 15.2 Å². The standard InChI is InChI=1S/C11H14BrNO2/c1-14-9-6-8(12)10(15-2)5-7(9)11(13)3-4-11/h5-6H,3-4,13H2,1-2H3. The average Bonchev–Trinajstić information content (AvgIpc) is 2.97. The molecular formula is C11H14BrNO2. The molecule has 1 saturated carbocycles. The Kier molecular flexibility index (Phi) is 2.64. The molecule has 0 heterocycles. The first-order chi connectivity index (χ1) is 7.10. The van der Waals surface area contributed by atoms with Crippen molar-refractivity contribution in [3.8, 4) is 11.5 Å². The molecule has 0 spiro atoms. The van der Waals surface area contributed by atoms with Crippen LogP contribution in [0.25, 0.3) is 0 Å². The van der Waals surface area contributed by atoms with E-state index in [9.17, 15) is 0 Å². The third kappa shape index (κ3) is 1.84. The maximum absolute atomic E-state index is 6.17. The molecule has 1 aromatic rings. The van der Waals surface area contributed by atoms with Gasteiger partial charge in [0.15, 0.2) is 0 Å². The van der Waals surface area contributed by atoms with Gasteiger partial charge in [-0.3, -0.25) is 0 Å². The molecule has 3 nitrogen and oxygen atoms in total. The van der Waals surface area contributed by atoms with Crippen molar-refractivity contribution < 1.29 is 9.47 Å². The molecule has 0 aromatic heterocycles. The Labute approximate surface area is 97.7 Å². The van der Waals surface area contributed by atoms with Crippen molar-refractivity contribution in [3.05, 3.63) is 22.2 Å². The quantitative estimate of drug-likeness (QED) is 0.919. The molecule has 1 aliphatic carbocycles. The molecule has 2 N–H and O–H groups in total. The second-order valence-electron chi connectivity index (χ2n) is 3.84. The topological polar surface area (TPSA) is 44.5 Å². The van der Waals surface area contributed by atoms with Crippen LogP contribution in [0.4, 0.5) is 0 Å². The van der Waals surface area contributed by atoms with Crippen LogP contribution in [0.5, 0.6) is 11.5 Å². The minimum absolute atomic E-state index is 0.209. The average molecular weight is 272 g/mol. The number of hydrogen-bond acceptors (Lipinski definition) is 3. The summed E-state index contributed by atoms with van der Waals surface area (Å²) in [5.41, 5.74) is 6.99. The molecule has 4 heteroatoms. The fourth-order valence-electron chi connectivity index (χ4n) is 1.65. The maximum Gasteiger partial charge on any atom is 0.133 e. The smallest absolute Gasteiger partial charge is 0.133 e. The molecule has 0 amide bonds.